The fourth-order valence-electron chi connectivity index (χ4n) is 1.91. The minimum atomic E-state index is -3.75. The van der Waals surface area contributed by atoms with Crippen LogP contribution in [0.25, 0.3) is 0 Å². The van der Waals surface area contributed by atoms with Crippen LogP contribution < -0.4 is 10.0 Å². The summed E-state index contributed by atoms with van der Waals surface area (Å²) in [5.41, 5.74) is 0.311. The molecule has 20 heavy (non-hydrogen) atoms. The SMILES string of the molecule is O=C1CC(NS(=O)(=O)c2ccccc2C#CCO)CN1. The maximum Gasteiger partial charge on any atom is 0.242 e. The summed E-state index contributed by atoms with van der Waals surface area (Å²) >= 11 is 0. The lowest BCUT2D eigenvalue weighted by Gasteiger charge is -2.12. The molecule has 0 bridgehead atoms. The van der Waals surface area contributed by atoms with Crippen LogP contribution in [0.1, 0.15) is 12.0 Å². The molecule has 2 rings (SSSR count). The van der Waals surface area contributed by atoms with Crippen LogP contribution in [0.4, 0.5) is 0 Å². The minimum Gasteiger partial charge on any atom is -0.384 e. The second kappa shape index (κ2) is 6.05. The summed E-state index contributed by atoms with van der Waals surface area (Å²) < 4.78 is 27.1. The Morgan fingerprint density at radius 1 is 1.40 bits per heavy atom. The number of benzene rings is 1. The van der Waals surface area contributed by atoms with E-state index in [1.54, 1.807) is 18.2 Å². The van der Waals surface area contributed by atoms with Crippen LogP contribution in [0.15, 0.2) is 29.2 Å². The van der Waals surface area contributed by atoms with E-state index in [9.17, 15) is 13.2 Å². The molecule has 106 valence electrons. The zero-order valence-corrected chi connectivity index (χ0v) is 11.4. The Hall–Kier alpha value is -1.88. The van der Waals surface area contributed by atoms with Crippen molar-refractivity contribution in [1.29, 1.82) is 0 Å². The molecule has 1 unspecified atom stereocenters. The van der Waals surface area contributed by atoms with Crippen molar-refractivity contribution in [3.63, 3.8) is 0 Å². The van der Waals surface area contributed by atoms with Gasteiger partial charge in [-0.1, -0.05) is 24.0 Å². The Balaban J connectivity index is 2.27. The first-order valence-corrected chi connectivity index (χ1v) is 7.49. The normalized spacial score (nSPS) is 18.2. The molecule has 1 atom stereocenters. The zero-order chi connectivity index (χ0) is 14.6. The van der Waals surface area contributed by atoms with Gasteiger partial charge in [-0.2, -0.15) is 0 Å². The molecule has 1 heterocycles. The van der Waals surface area contributed by atoms with Gasteiger partial charge in [-0.15, -0.1) is 0 Å². The van der Waals surface area contributed by atoms with Crippen molar-refractivity contribution in [3.05, 3.63) is 29.8 Å². The van der Waals surface area contributed by atoms with Crippen LogP contribution in [0.2, 0.25) is 0 Å². The van der Waals surface area contributed by atoms with E-state index in [-0.39, 0.29) is 30.4 Å². The number of amides is 1. The van der Waals surface area contributed by atoms with Gasteiger partial charge in [0.25, 0.3) is 0 Å². The van der Waals surface area contributed by atoms with Gasteiger partial charge in [-0.05, 0) is 12.1 Å². The van der Waals surface area contributed by atoms with Crippen LogP contribution in [0.5, 0.6) is 0 Å². The average molecular weight is 294 g/mol. The van der Waals surface area contributed by atoms with E-state index in [0.717, 1.165) is 0 Å². The van der Waals surface area contributed by atoms with E-state index in [1.165, 1.54) is 6.07 Å². The standard InChI is InChI=1S/C13H14N2O4S/c16-7-3-5-10-4-1-2-6-12(10)20(18,19)15-11-8-13(17)14-9-11/h1-2,4,6,11,15-16H,7-9H2,(H,14,17). The Morgan fingerprint density at radius 2 is 2.15 bits per heavy atom. The van der Waals surface area contributed by atoms with E-state index >= 15 is 0 Å². The highest BCUT2D eigenvalue weighted by molar-refractivity contribution is 7.89. The van der Waals surface area contributed by atoms with E-state index in [2.05, 4.69) is 21.9 Å². The Bertz CT molecular complexity index is 673. The van der Waals surface area contributed by atoms with Crippen LogP contribution in [-0.4, -0.2) is 38.6 Å². The average Bonchev–Trinajstić information content (AvgIpc) is 2.81. The summed E-state index contributed by atoms with van der Waals surface area (Å²) in [5, 5.41) is 11.3. The molecular weight excluding hydrogens is 280 g/mol. The molecule has 7 heteroatoms. The number of nitrogens with one attached hydrogen (secondary N) is 2. The number of hydrogen-bond acceptors (Lipinski definition) is 4. The molecule has 1 aliphatic heterocycles. The summed E-state index contributed by atoms with van der Waals surface area (Å²) in [7, 11) is -3.75. The van der Waals surface area contributed by atoms with Crippen molar-refractivity contribution in [2.45, 2.75) is 17.4 Å². The van der Waals surface area contributed by atoms with Crippen molar-refractivity contribution in [2.75, 3.05) is 13.2 Å². The number of carbonyl (C=O) groups is 1. The van der Waals surface area contributed by atoms with E-state index in [0.29, 0.717) is 5.56 Å². The lowest BCUT2D eigenvalue weighted by molar-refractivity contribution is -0.119. The van der Waals surface area contributed by atoms with Gasteiger partial charge in [0.05, 0.1) is 4.90 Å². The Labute approximate surface area is 117 Å². The first kappa shape index (κ1) is 14.5. The van der Waals surface area contributed by atoms with Gasteiger partial charge in [-0.3, -0.25) is 4.79 Å². The topological polar surface area (TPSA) is 95.5 Å². The molecule has 0 spiro atoms. The number of sulfonamides is 1. The first-order valence-electron chi connectivity index (χ1n) is 6.01. The van der Waals surface area contributed by atoms with Crippen molar-refractivity contribution >= 4 is 15.9 Å². The highest BCUT2D eigenvalue weighted by Gasteiger charge is 2.27. The molecule has 1 amide bonds. The number of carbonyl (C=O) groups excluding carboxylic acids is 1. The highest BCUT2D eigenvalue weighted by Crippen LogP contribution is 2.15. The third kappa shape index (κ3) is 3.36. The quantitative estimate of drug-likeness (QED) is 0.636. The third-order valence-corrected chi connectivity index (χ3v) is 4.36. The van der Waals surface area contributed by atoms with Crippen molar-refractivity contribution in [2.24, 2.45) is 0 Å². The van der Waals surface area contributed by atoms with Gasteiger partial charge >= 0.3 is 0 Å². The summed E-state index contributed by atoms with van der Waals surface area (Å²) in [5.74, 6) is 4.85. The van der Waals surface area contributed by atoms with Crippen LogP contribution in [0.3, 0.4) is 0 Å². The second-order valence-corrected chi connectivity index (χ2v) is 5.96. The van der Waals surface area contributed by atoms with Crippen molar-refractivity contribution < 1.29 is 18.3 Å². The van der Waals surface area contributed by atoms with Crippen molar-refractivity contribution in [3.8, 4) is 11.8 Å². The fourth-order valence-corrected chi connectivity index (χ4v) is 3.31. The predicted molar refractivity (Wildman–Crippen MR) is 72.1 cm³/mol. The van der Waals surface area contributed by atoms with Gasteiger partial charge in [0, 0.05) is 24.6 Å². The van der Waals surface area contributed by atoms with Gasteiger partial charge in [0.2, 0.25) is 15.9 Å². The molecule has 3 N–H and O–H groups in total. The highest BCUT2D eigenvalue weighted by atomic mass is 32.2. The lowest BCUT2D eigenvalue weighted by Crippen LogP contribution is -2.36. The molecule has 0 radical (unpaired) electrons. The monoisotopic (exact) mass is 294 g/mol. The van der Waals surface area contributed by atoms with E-state index in [1.807, 2.05) is 0 Å². The summed E-state index contributed by atoms with van der Waals surface area (Å²) in [6, 6.07) is 5.81. The van der Waals surface area contributed by atoms with Crippen molar-refractivity contribution in [1.82, 2.24) is 10.0 Å². The lowest BCUT2D eigenvalue weighted by atomic mass is 10.2. The molecule has 1 aromatic rings. The van der Waals surface area contributed by atoms with Crippen LogP contribution >= 0.6 is 0 Å². The number of rotatable bonds is 3. The first-order chi connectivity index (χ1) is 9.53. The molecule has 0 saturated carbocycles. The largest absolute Gasteiger partial charge is 0.384 e. The number of aliphatic hydroxyl groups is 1. The maximum atomic E-state index is 12.3. The molecule has 1 aromatic carbocycles. The van der Waals surface area contributed by atoms with Gasteiger partial charge < -0.3 is 10.4 Å². The van der Waals surface area contributed by atoms with Gasteiger partial charge in [0.15, 0.2) is 0 Å². The summed E-state index contributed by atoms with van der Waals surface area (Å²) in [6.45, 7) is -0.0641. The minimum absolute atomic E-state index is 0.0419. The maximum absolute atomic E-state index is 12.3. The Morgan fingerprint density at radius 3 is 2.80 bits per heavy atom. The van der Waals surface area contributed by atoms with Gasteiger partial charge in [0.1, 0.15) is 6.61 Å². The molecule has 6 nitrogen and oxygen atoms in total. The molecule has 0 aliphatic carbocycles. The Kier molecular flexibility index (Phi) is 4.39. The van der Waals surface area contributed by atoms with E-state index in [4.69, 9.17) is 5.11 Å². The predicted octanol–water partition coefficient (Wildman–Crippen LogP) is -0.803. The van der Waals surface area contributed by atoms with Crippen LogP contribution in [0, 0.1) is 11.8 Å². The van der Waals surface area contributed by atoms with Crippen LogP contribution in [-0.2, 0) is 14.8 Å². The number of aliphatic hydroxyl groups excluding tert-OH is 1. The summed E-state index contributed by atoms with van der Waals surface area (Å²) in [4.78, 5) is 11.1. The molecule has 1 fully saturated rings. The molecular formula is C13H14N2O4S. The van der Waals surface area contributed by atoms with Gasteiger partial charge in [-0.25, -0.2) is 13.1 Å². The fraction of sp³-hybridized carbons (Fsp3) is 0.308. The smallest absolute Gasteiger partial charge is 0.242 e. The zero-order valence-electron chi connectivity index (χ0n) is 10.6. The molecule has 1 saturated heterocycles. The third-order valence-electron chi connectivity index (χ3n) is 2.78. The molecule has 0 aromatic heterocycles. The summed E-state index contributed by atoms with van der Waals surface area (Å²) in [6.07, 6.45) is 0.129. The second-order valence-electron chi connectivity index (χ2n) is 4.28. The molecule has 1 aliphatic rings. The number of hydrogen-bond donors (Lipinski definition) is 3. The van der Waals surface area contributed by atoms with E-state index < -0.39 is 16.1 Å².